The lowest BCUT2D eigenvalue weighted by Gasteiger charge is -2.33. The fraction of sp³-hybridized carbons (Fsp3) is 0.385. The van der Waals surface area contributed by atoms with E-state index < -0.39 is 5.92 Å². The SMILES string of the molecule is FC1(F)CC(c2nc(Nc3ccc4c(c3)OCO4)n[nH]2)C1. The third kappa shape index (κ3) is 2.26. The molecule has 1 aromatic carbocycles. The largest absolute Gasteiger partial charge is 0.454 e. The van der Waals surface area contributed by atoms with Gasteiger partial charge < -0.3 is 14.8 Å². The molecule has 21 heavy (non-hydrogen) atoms. The molecule has 0 amide bonds. The van der Waals surface area contributed by atoms with Crippen LogP contribution in [-0.2, 0) is 0 Å². The first kappa shape index (κ1) is 12.4. The number of nitrogens with one attached hydrogen (secondary N) is 2. The molecule has 0 unspecified atom stereocenters. The Hall–Kier alpha value is -2.38. The van der Waals surface area contributed by atoms with Crippen LogP contribution in [0.25, 0.3) is 0 Å². The summed E-state index contributed by atoms with van der Waals surface area (Å²) in [6, 6.07) is 5.36. The zero-order valence-corrected chi connectivity index (χ0v) is 10.9. The number of benzene rings is 1. The second-order valence-electron chi connectivity index (χ2n) is 5.20. The van der Waals surface area contributed by atoms with Gasteiger partial charge in [0.2, 0.25) is 18.7 Å². The molecule has 1 aliphatic heterocycles. The van der Waals surface area contributed by atoms with Crippen molar-refractivity contribution in [2.45, 2.75) is 24.7 Å². The van der Waals surface area contributed by atoms with Crippen molar-refractivity contribution in [1.29, 1.82) is 0 Å². The summed E-state index contributed by atoms with van der Waals surface area (Å²) in [4.78, 5) is 4.20. The molecule has 8 heteroatoms. The van der Waals surface area contributed by atoms with Gasteiger partial charge in [-0.25, -0.2) is 8.78 Å². The highest BCUT2D eigenvalue weighted by molar-refractivity contribution is 5.60. The summed E-state index contributed by atoms with van der Waals surface area (Å²) >= 11 is 0. The molecule has 2 heterocycles. The predicted molar refractivity (Wildman–Crippen MR) is 69.2 cm³/mol. The van der Waals surface area contributed by atoms with Gasteiger partial charge in [0.15, 0.2) is 11.5 Å². The van der Waals surface area contributed by atoms with Crippen molar-refractivity contribution in [1.82, 2.24) is 15.2 Å². The molecule has 6 nitrogen and oxygen atoms in total. The third-order valence-corrected chi connectivity index (χ3v) is 3.61. The number of aromatic nitrogens is 3. The molecule has 1 fully saturated rings. The van der Waals surface area contributed by atoms with E-state index in [1.165, 1.54) is 0 Å². The minimum atomic E-state index is -2.57. The number of aromatic amines is 1. The fourth-order valence-corrected chi connectivity index (χ4v) is 2.47. The third-order valence-electron chi connectivity index (χ3n) is 3.61. The Morgan fingerprint density at radius 2 is 2.05 bits per heavy atom. The maximum Gasteiger partial charge on any atom is 0.249 e. The Labute approximate surface area is 118 Å². The number of ether oxygens (including phenoxy) is 2. The molecule has 110 valence electrons. The molecular weight excluding hydrogens is 282 g/mol. The Balaban J connectivity index is 1.47. The molecule has 1 aromatic heterocycles. The van der Waals surface area contributed by atoms with Crippen LogP contribution in [0.1, 0.15) is 24.6 Å². The van der Waals surface area contributed by atoms with E-state index in [9.17, 15) is 8.78 Å². The summed E-state index contributed by atoms with van der Waals surface area (Å²) < 4.78 is 36.2. The van der Waals surface area contributed by atoms with Gasteiger partial charge in [-0.1, -0.05) is 0 Å². The van der Waals surface area contributed by atoms with Gasteiger partial charge in [-0.05, 0) is 12.1 Å². The number of rotatable bonds is 3. The second-order valence-corrected chi connectivity index (χ2v) is 5.20. The highest BCUT2D eigenvalue weighted by Crippen LogP contribution is 2.47. The molecule has 0 spiro atoms. The van der Waals surface area contributed by atoms with Gasteiger partial charge in [-0.15, -0.1) is 5.10 Å². The Bertz CT molecular complexity index is 681. The Morgan fingerprint density at radius 1 is 1.24 bits per heavy atom. The predicted octanol–water partition coefficient (Wildman–Crippen LogP) is 2.79. The molecular formula is C13H12F2N4O2. The molecule has 0 bridgehead atoms. The van der Waals surface area contributed by atoms with Crippen LogP contribution in [0.15, 0.2) is 18.2 Å². The standard InChI is InChI=1S/C13H12F2N4O2/c14-13(15)4-7(5-13)11-17-12(19-18-11)16-8-1-2-9-10(3-8)21-6-20-9/h1-3,7H,4-6H2,(H2,16,17,18,19). The number of hydrogen-bond donors (Lipinski definition) is 2. The summed E-state index contributed by atoms with van der Waals surface area (Å²) in [6.07, 6.45) is -0.350. The minimum Gasteiger partial charge on any atom is -0.454 e. The molecule has 0 radical (unpaired) electrons. The van der Waals surface area contributed by atoms with Crippen LogP contribution in [0.4, 0.5) is 20.4 Å². The van der Waals surface area contributed by atoms with E-state index >= 15 is 0 Å². The zero-order chi connectivity index (χ0) is 14.4. The van der Waals surface area contributed by atoms with Crippen LogP contribution in [0.3, 0.4) is 0 Å². The van der Waals surface area contributed by atoms with Crippen molar-refractivity contribution in [2.75, 3.05) is 12.1 Å². The first-order valence-electron chi connectivity index (χ1n) is 6.56. The van der Waals surface area contributed by atoms with Gasteiger partial charge in [-0.3, -0.25) is 5.10 Å². The fourth-order valence-electron chi connectivity index (χ4n) is 2.47. The molecule has 2 aromatic rings. The van der Waals surface area contributed by atoms with E-state index in [1.54, 1.807) is 18.2 Å². The monoisotopic (exact) mass is 294 g/mol. The highest BCUT2D eigenvalue weighted by atomic mass is 19.3. The topological polar surface area (TPSA) is 72.1 Å². The summed E-state index contributed by atoms with van der Waals surface area (Å²) in [7, 11) is 0. The van der Waals surface area contributed by atoms with Crippen molar-refractivity contribution in [3.8, 4) is 11.5 Å². The maximum absolute atomic E-state index is 12.9. The van der Waals surface area contributed by atoms with Gasteiger partial charge in [-0.2, -0.15) is 4.98 Å². The molecule has 2 aliphatic rings. The molecule has 1 saturated carbocycles. The number of hydrogen-bond acceptors (Lipinski definition) is 5. The van der Waals surface area contributed by atoms with E-state index in [4.69, 9.17) is 9.47 Å². The molecule has 2 N–H and O–H groups in total. The smallest absolute Gasteiger partial charge is 0.249 e. The summed E-state index contributed by atoms with van der Waals surface area (Å²) in [6.45, 7) is 0.208. The lowest BCUT2D eigenvalue weighted by atomic mass is 9.81. The van der Waals surface area contributed by atoms with Gasteiger partial charge in [0.25, 0.3) is 0 Å². The second kappa shape index (κ2) is 4.31. The quantitative estimate of drug-likeness (QED) is 0.910. The van der Waals surface area contributed by atoms with Gasteiger partial charge >= 0.3 is 0 Å². The minimum absolute atomic E-state index is 0.175. The van der Waals surface area contributed by atoms with Gasteiger partial charge in [0, 0.05) is 30.5 Å². The number of nitrogens with zero attached hydrogens (tertiary/aromatic N) is 2. The number of alkyl halides is 2. The number of halogens is 2. The normalized spacial score (nSPS) is 19.3. The van der Waals surface area contributed by atoms with Crippen LogP contribution >= 0.6 is 0 Å². The Kier molecular flexibility index (Phi) is 2.54. The Morgan fingerprint density at radius 3 is 2.86 bits per heavy atom. The maximum atomic E-state index is 12.9. The summed E-state index contributed by atoms with van der Waals surface area (Å²) in [5.41, 5.74) is 0.740. The zero-order valence-electron chi connectivity index (χ0n) is 10.9. The van der Waals surface area contributed by atoms with Gasteiger partial charge in [0.1, 0.15) is 5.82 Å². The summed E-state index contributed by atoms with van der Waals surface area (Å²) in [5.74, 6) is -0.645. The van der Waals surface area contributed by atoms with Crippen LogP contribution in [-0.4, -0.2) is 27.9 Å². The number of anilines is 2. The van der Waals surface area contributed by atoms with Crippen LogP contribution in [0.2, 0.25) is 0 Å². The van der Waals surface area contributed by atoms with Crippen molar-refractivity contribution >= 4 is 11.6 Å². The van der Waals surface area contributed by atoms with E-state index in [0.29, 0.717) is 23.3 Å². The first-order valence-corrected chi connectivity index (χ1v) is 6.56. The van der Waals surface area contributed by atoms with Crippen LogP contribution in [0.5, 0.6) is 11.5 Å². The van der Waals surface area contributed by atoms with E-state index in [-0.39, 0.29) is 25.6 Å². The van der Waals surface area contributed by atoms with Gasteiger partial charge in [0.05, 0.1) is 0 Å². The lowest BCUT2D eigenvalue weighted by Crippen LogP contribution is -2.34. The first-order chi connectivity index (χ1) is 10.1. The molecule has 0 saturated heterocycles. The van der Waals surface area contributed by atoms with Crippen molar-refractivity contribution < 1.29 is 18.3 Å². The lowest BCUT2D eigenvalue weighted by molar-refractivity contribution is -0.0884. The molecule has 4 rings (SSSR count). The van der Waals surface area contributed by atoms with Crippen LogP contribution < -0.4 is 14.8 Å². The van der Waals surface area contributed by atoms with Crippen LogP contribution in [0, 0.1) is 0 Å². The number of H-pyrrole nitrogens is 1. The molecule has 1 aliphatic carbocycles. The van der Waals surface area contributed by atoms with E-state index in [2.05, 4.69) is 20.5 Å². The van der Waals surface area contributed by atoms with Crippen molar-refractivity contribution in [2.24, 2.45) is 0 Å². The number of fused-ring (bicyclic) bond motifs is 1. The highest BCUT2D eigenvalue weighted by Gasteiger charge is 2.47. The summed E-state index contributed by atoms with van der Waals surface area (Å²) in [5, 5.41) is 9.70. The van der Waals surface area contributed by atoms with Crippen molar-refractivity contribution in [3.05, 3.63) is 24.0 Å². The van der Waals surface area contributed by atoms with E-state index in [0.717, 1.165) is 5.69 Å². The average Bonchev–Trinajstić information content (AvgIpc) is 3.04. The molecule has 0 atom stereocenters. The van der Waals surface area contributed by atoms with Crippen molar-refractivity contribution in [3.63, 3.8) is 0 Å². The average molecular weight is 294 g/mol. The van der Waals surface area contributed by atoms with E-state index in [1.807, 2.05) is 0 Å².